The summed E-state index contributed by atoms with van der Waals surface area (Å²) in [5.74, 6) is -1.61. The molecule has 0 saturated carbocycles. The lowest BCUT2D eigenvalue weighted by atomic mass is 10.1. The third-order valence-corrected chi connectivity index (χ3v) is 2.59. The first kappa shape index (κ1) is 10.4. The van der Waals surface area contributed by atoms with Gasteiger partial charge in [-0.1, -0.05) is 0 Å². The van der Waals surface area contributed by atoms with Gasteiger partial charge >= 0.3 is 0 Å². The molecule has 1 aromatic carbocycles. The smallest absolute Gasteiger partial charge is 0.160 e. The van der Waals surface area contributed by atoms with Gasteiger partial charge in [-0.15, -0.1) is 0 Å². The number of nitrogens with one attached hydrogen (secondary N) is 2. The highest BCUT2D eigenvalue weighted by atomic mass is 19.2. The van der Waals surface area contributed by atoms with Gasteiger partial charge in [0, 0.05) is 24.3 Å². The quantitative estimate of drug-likeness (QED) is 0.784. The van der Waals surface area contributed by atoms with E-state index in [2.05, 4.69) is 10.6 Å². The number of halogens is 2. The van der Waals surface area contributed by atoms with E-state index in [0.717, 1.165) is 32.0 Å². The lowest BCUT2D eigenvalue weighted by molar-refractivity contribution is 0.478. The maximum Gasteiger partial charge on any atom is 0.160 e. The van der Waals surface area contributed by atoms with Crippen molar-refractivity contribution in [3.8, 4) is 0 Å². The molecule has 0 bridgehead atoms. The van der Waals surface area contributed by atoms with Crippen LogP contribution in [0.25, 0.3) is 0 Å². The van der Waals surface area contributed by atoms with Crippen LogP contribution >= 0.6 is 0 Å². The Hall–Kier alpha value is -1.16. The van der Waals surface area contributed by atoms with Crippen molar-refractivity contribution in [1.82, 2.24) is 5.32 Å². The largest absolute Gasteiger partial charge is 0.381 e. The molecule has 1 fully saturated rings. The molecule has 0 radical (unpaired) electrons. The molecule has 1 saturated heterocycles. The Bertz CT molecular complexity index is 335. The maximum atomic E-state index is 12.9. The van der Waals surface area contributed by atoms with Crippen molar-refractivity contribution in [1.29, 1.82) is 0 Å². The van der Waals surface area contributed by atoms with Gasteiger partial charge in [0.05, 0.1) is 0 Å². The second-order valence-corrected chi connectivity index (χ2v) is 3.82. The Kier molecular flexibility index (Phi) is 3.16. The Morgan fingerprint density at radius 1 is 1.27 bits per heavy atom. The molecule has 2 N–H and O–H groups in total. The fraction of sp³-hybridized carbons (Fsp3) is 0.455. The molecule has 1 aliphatic rings. The first-order chi connectivity index (χ1) is 7.25. The van der Waals surface area contributed by atoms with Gasteiger partial charge in [-0.05, 0) is 31.5 Å². The fourth-order valence-corrected chi connectivity index (χ4v) is 1.80. The van der Waals surface area contributed by atoms with Crippen LogP contribution in [0.4, 0.5) is 14.5 Å². The van der Waals surface area contributed by atoms with Crippen molar-refractivity contribution in [2.45, 2.75) is 18.9 Å². The molecule has 0 amide bonds. The lowest BCUT2D eigenvalue weighted by Gasteiger charge is -2.24. The van der Waals surface area contributed by atoms with E-state index in [1.165, 1.54) is 6.07 Å². The topological polar surface area (TPSA) is 24.1 Å². The summed E-state index contributed by atoms with van der Waals surface area (Å²) in [5.41, 5.74) is 0.641. The van der Waals surface area contributed by atoms with Crippen LogP contribution in [0, 0.1) is 11.6 Å². The van der Waals surface area contributed by atoms with Gasteiger partial charge in [0.25, 0.3) is 0 Å². The summed E-state index contributed by atoms with van der Waals surface area (Å²) in [6.07, 6.45) is 2.17. The predicted molar refractivity (Wildman–Crippen MR) is 55.9 cm³/mol. The van der Waals surface area contributed by atoms with Crippen molar-refractivity contribution in [3.63, 3.8) is 0 Å². The number of rotatable bonds is 2. The first-order valence-corrected chi connectivity index (χ1v) is 5.18. The highest BCUT2D eigenvalue weighted by molar-refractivity contribution is 5.44. The van der Waals surface area contributed by atoms with Crippen molar-refractivity contribution in [3.05, 3.63) is 29.8 Å². The van der Waals surface area contributed by atoms with Gasteiger partial charge in [0.1, 0.15) is 0 Å². The number of hydrogen-bond acceptors (Lipinski definition) is 2. The molecule has 2 nitrogen and oxygen atoms in total. The van der Waals surface area contributed by atoms with Crippen LogP contribution in [-0.4, -0.2) is 19.1 Å². The maximum absolute atomic E-state index is 12.9. The number of hydrogen-bond donors (Lipinski definition) is 2. The van der Waals surface area contributed by atoms with E-state index in [0.29, 0.717) is 11.7 Å². The monoisotopic (exact) mass is 212 g/mol. The van der Waals surface area contributed by atoms with E-state index in [4.69, 9.17) is 0 Å². The molecule has 0 aliphatic carbocycles. The number of piperidine rings is 1. The molecule has 0 aromatic heterocycles. The normalized spacial score (nSPS) is 21.3. The van der Waals surface area contributed by atoms with Crippen LogP contribution in [0.5, 0.6) is 0 Å². The van der Waals surface area contributed by atoms with Crippen molar-refractivity contribution in [2.75, 3.05) is 18.4 Å². The average molecular weight is 212 g/mol. The molecule has 1 aromatic rings. The minimum absolute atomic E-state index is 0.309. The zero-order valence-corrected chi connectivity index (χ0v) is 8.39. The summed E-state index contributed by atoms with van der Waals surface area (Å²) < 4.78 is 25.6. The molecule has 4 heteroatoms. The summed E-state index contributed by atoms with van der Waals surface area (Å²) in [7, 11) is 0. The zero-order chi connectivity index (χ0) is 10.7. The average Bonchev–Trinajstić information content (AvgIpc) is 2.25. The summed E-state index contributed by atoms with van der Waals surface area (Å²) in [4.78, 5) is 0. The molecule has 1 heterocycles. The van der Waals surface area contributed by atoms with E-state index < -0.39 is 11.6 Å². The molecular weight excluding hydrogens is 198 g/mol. The summed E-state index contributed by atoms with van der Waals surface area (Å²) in [6, 6.07) is 4.22. The van der Waals surface area contributed by atoms with Gasteiger partial charge in [0.2, 0.25) is 0 Å². The van der Waals surface area contributed by atoms with E-state index in [1.807, 2.05) is 0 Å². The number of benzene rings is 1. The van der Waals surface area contributed by atoms with Gasteiger partial charge in [-0.2, -0.15) is 0 Å². The fourth-order valence-electron chi connectivity index (χ4n) is 1.80. The molecule has 15 heavy (non-hydrogen) atoms. The minimum atomic E-state index is -0.803. The number of anilines is 1. The van der Waals surface area contributed by atoms with Gasteiger partial charge in [-0.25, -0.2) is 8.78 Å². The zero-order valence-electron chi connectivity index (χ0n) is 8.39. The van der Waals surface area contributed by atoms with E-state index >= 15 is 0 Å². The van der Waals surface area contributed by atoms with E-state index in [9.17, 15) is 8.78 Å². The van der Waals surface area contributed by atoms with Crippen LogP contribution in [0.3, 0.4) is 0 Å². The molecule has 1 atom stereocenters. The van der Waals surface area contributed by atoms with Gasteiger partial charge in [0.15, 0.2) is 11.6 Å². The molecule has 0 spiro atoms. The Morgan fingerprint density at radius 3 is 2.80 bits per heavy atom. The van der Waals surface area contributed by atoms with Crippen molar-refractivity contribution >= 4 is 5.69 Å². The second kappa shape index (κ2) is 4.57. The van der Waals surface area contributed by atoms with Crippen LogP contribution in [0.15, 0.2) is 18.2 Å². The second-order valence-electron chi connectivity index (χ2n) is 3.82. The van der Waals surface area contributed by atoms with Crippen LogP contribution < -0.4 is 10.6 Å². The third kappa shape index (κ3) is 2.65. The van der Waals surface area contributed by atoms with Crippen LogP contribution in [0.2, 0.25) is 0 Å². The Morgan fingerprint density at radius 2 is 2.13 bits per heavy atom. The van der Waals surface area contributed by atoms with Crippen molar-refractivity contribution < 1.29 is 8.78 Å². The van der Waals surface area contributed by atoms with Gasteiger partial charge in [-0.3, -0.25) is 0 Å². The molecule has 1 aliphatic heterocycles. The van der Waals surface area contributed by atoms with Crippen molar-refractivity contribution in [2.24, 2.45) is 0 Å². The Labute approximate surface area is 87.7 Å². The summed E-state index contributed by atoms with van der Waals surface area (Å²) >= 11 is 0. The van der Waals surface area contributed by atoms with Gasteiger partial charge < -0.3 is 10.6 Å². The highest BCUT2D eigenvalue weighted by Gasteiger charge is 2.12. The summed E-state index contributed by atoms with van der Waals surface area (Å²) in [5, 5.41) is 6.43. The van der Waals surface area contributed by atoms with Crippen LogP contribution in [0.1, 0.15) is 12.8 Å². The van der Waals surface area contributed by atoms with Crippen LogP contribution in [-0.2, 0) is 0 Å². The SMILES string of the molecule is Fc1ccc(N[C@H]2CCCNC2)cc1F. The minimum Gasteiger partial charge on any atom is -0.381 e. The molecule has 2 rings (SSSR count). The lowest BCUT2D eigenvalue weighted by Crippen LogP contribution is -2.38. The molecular formula is C11H14F2N2. The standard InChI is InChI=1S/C11H14F2N2/c12-10-4-3-8(6-11(10)13)15-9-2-1-5-14-7-9/h3-4,6,9,14-15H,1-2,5,7H2/t9-/m0/s1. The summed E-state index contributed by atoms with van der Waals surface area (Å²) in [6.45, 7) is 1.91. The first-order valence-electron chi connectivity index (χ1n) is 5.18. The molecule has 82 valence electrons. The highest BCUT2D eigenvalue weighted by Crippen LogP contribution is 2.15. The molecule has 0 unspecified atom stereocenters. The van der Waals surface area contributed by atoms with E-state index in [-0.39, 0.29) is 0 Å². The predicted octanol–water partition coefficient (Wildman–Crippen LogP) is 2.13. The third-order valence-electron chi connectivity index (χ3n) is 2.59. The Balaban J connectivity index is 2.00. The van der Waals surface area contributed by atoms with E-state index in [1.54, 1.807) is 6.07 Å².